The summed E-state index contributed by atoms with van der Waals surface area (Å²) in [5, 5.41) is 4.01. The molecule has 2 aromatic carbocycles. The number of aromatic amines is 1. The van der Waals surface area contributed by atoms with Gasteiger partial charge in [-0.05, 0) is 62.1 Å². The summed E-state index contributed by atoms with van der Waals surface area (Å²) in [5.41, 5.74) is 1.92. The van der Waals surface area contributed by atoms with E-state index in [4.69, 9.17) is 9.02 Å². The number of hydroxylamine groups is 1. The maximum Gasteiger partial charge on any atom is 0.353 e. The normalized spacial score (nSPS) is 18.3. The Morgan fingerprint density at radius 2 is 1.78 bits per heavy atom. The van der Waals surface area contributed by atoms with Crippen LogP contribution in [-0.4, -0.2) is 61.0 Å². The second-order valence-electron chi connectivity index (χ2n) is 9.21. The van der Waals surface area contributed by atoms with Crippen LogP contribution in [0.4, 0.5) is 16.4 Å². The van der Waals surface area contributed by atoms with Crippen LogP contribution in [0.1, 0.15) is 38.5 Å². The Balaban J connectivity index is 1.43. The largest absolute Gasteiger partial charge is 0.467 e. The Labute approximate surface area is 214 Å². The number of H-pyrrole nitrogens is 1. The van der Waals surface area contributed by atoms with Crippen LogP contribution in [0.25, 0.3) is 11.0 Å². The Hall–Kier alpha value is -3.64. The zero-order valence-electron chi connectivity index (χ0n) is 20.4. The first-order valence-electron chi connectivity index (χ1n) is 12.3. The maximum absolute atomic E-state index is 13.6. The summed E-state index contributed by atoms with van der Waals surface area (Å²) in [6.45, 7) is 0.236. The number of benzene rings is 2. The molecule has 0 bridgehead atoms. The average Bonchev–Trinajstić information content (AvgIpc) is 3.67. The van der Waals surface area contributed by atoms with Gasteiger partial charge in [-0.2, -0.15) is 8.42 Å². The fourth-order valence-electron chi connectivity index (χ4n) is 4.85. The molecular weight excluding hydrogens is 498 g/mol. The van der Waals surface area contributed by atoms with Crippen molar-refractivity contribution < 1.29 is 27.0 Å². The lowest BCUT2D eigenvalue weighted by molar-refractivity contribution is -0.144. The molecule has 2 heterocycles. The van der Waals surface area contributed by atoms with Gasteiger partial charge >= 0.3 is 22.1 Å². The number of nitrogens with one attached hydrogen (secondary N) is 2. The number of rotatable bonds is 7. The van der Waals surface area contributed by atoms with Gasteiger partial charge in [0, 0.05) is 18.3 Å². The second kappa shape index (κ2) is 10.4. The number of anilines is 2. The molecule has 1 aliphatic carbocycles. The SMILES string of the molecule is COC(=O)[C@@H]1CCCN1C(=O)N(OS(=O)(=O)c1ccc(NC2CCCC2)cc1)c1nc2ccccc2[nH]1. The van der Waals surface area contributed by atoms with E-state index in [0.717, 1.165) is 18.5 Å². The maximum atomic E-state index is 13.6. The molecule has 5 rings (SSSR count). The van der Waals surface area contributed by atoms with E-state index in [1.807, 2.05) is 0 Å². The van der Waals surface area contributed by atoms with Crippen molar-refractivity contribution in [3.63, 3.8) is 0 Å². The van der Waals surface area contributed by atoms with Crippen molar-refractivity contribution in [1.82, 2.24) is 14.9 Å². The van der Waals surface area contributed by atoms with Crippen LogP contribution in [0.5, 0.6) is 0 Å². The number of urea groups is 1. The van der Waals surface area contributed by atoms with Crippen LogP contribution in [-0.2, 0) is 23.9 Å². The highest BCUT2D eigenvalue weighted by atomic mass is 32.2. The molecule has 1 atom stereocenters. The number of carbonyl (C=O) groups is 2. The molecule has 12 heteroatoms. The van der Waals surface area contributed by atoms with Gasteiger partial charge < -0.3 is 19.9 Å². The Kier molecular flexibility index (Phi) is 7.02. The molecule has 196 valence electrons. The predicted molar refractivity (Wildman–Crippen MR) is 136 cm³/mol. The molecule has 2 aliphatic rings. The van der Waals surface area contributed by atoms with Gasteiger partial charge in [0.25, 0.3) is 0 Å². The molecule has 0 spiro atoms. The van der Waals surface area contributed by atoms with E-state index >= 15 is 0 Å². The number of likely N-dealkylation sites (tertiary alicyclic amines) is 1. The Bertz CT molecular complexity index is 1350. The van der Waals surface area contributed by atoms with E-state index < -0.39 is 28.2 Å². The second-order valence-corrected chi connectivity index (χ2v) is 10.7. The zero-order valence-corrected chi connectivity index (χ0v) is 21.2. The summed E-state index contributed by atoms with van der Waals surface area (Å²) in [6, 6.07) is 11.9. The van der Waals surface area contributed by atoms with Crippen molar-refractivity contribution in [2.45, 2.75) is 55.5 Å². The van der Waals surface area contributed by atoms with E-state index in [1.165, 1.54) is 37.0 Å². The lowest BCUT2D eigenvalue weighted by Crippen LogP contribution is -2.49. The summed E-state index contributed by atoms with van der Waals surface area (Å²) < 4.78 is 36.8. The van der Waals surface area contributed by atoms with E-state index in [0.29, 0.717) is 35.0 Å². The number of carbonyl (C=O) groups excluding carboxylic acids is 2. The summed E-state index contributed by atoms with van der Waals surface area (Å²) in [4.78, 5) is 34.3. The number of hydrogen-bond donors (Lipinski definition) is 2. The van der Waals surface area contributed by atoms with Gasteiger partial charge in [-0.1, -0.05) is 25.0 Å². The third-order valence-corrected chi connectivity index (χ3v) is 7.95. The topological polar surface area (TPSA) is 134 Å². The predicted octanol–water partition coefficient (Wildman–Crippen LogP) is 3.80. The summed E-state index contributed by atoms with van der Waals surface area (Å²) in [7, 11) is -3.19. The molecule has 1 saturated heterocycles. The zero-order chi connectivity index (χ0) is 26.0. The van der Waals surface area contributed by atoms with Crippen LogP contribution in [0.2, 0.25) is 0 Å². The number of aromatic nitrogens is 2. The van der Waals surface area contributed by atoms with Crippen LogP contribution in [0.3, 0.4) is 0 Å². The molecule has 37 heavy (non-hydrogen) atoms. The number of nitrogens with zero attached hydrogens (tertiary/aromatic N) is 3. The number of hydrogen-bond acceptors (Lipinski definition) is 8. The Morgan fingerprint density at radius 1 is 1.05 bits per heavy atom. The first-order valence-corrected chi connectivity index (χ1v) is 13.7. The Morgan fingerprint density at radius 3 is 2.49 bits per heavy atom. The summed E-state index contributed by atoms with van der Waals surface area (Å²) in [6.07, 6.45) is 5.48. The lowest BCUT2D eigenvalue weighted by Gasteiger charge is -2.27. The highest BCUT2D eigenvalue weighted by Crippen LogP contribution is 2.28. The molecule has 0 unspecified atom stereocenters. The number of ether oxygens (including phenoxy) is 1. The van der Waals surface area contributed by atoms with Crippen LogP contribution < -0.4 is 10.4 Å². The third kappa shape index (κ3) is 5.25. The van der Waals surface area contributed by atoms with Crippen LogP contribution in [0, 0.1) is 0 Å². The first kappa shape index (κ1) is 25.0. The van der Waals surface area contributed by atoms with Gasteiger partial charge in [0.2, 0.25) is 5.95 Å². The number of amides is 2. The van der Waals surface area contributed by atoms with E-state index in [2.05, 4.69) is 15.3 Å². The number of fused-ring (bicyclic) bond motifs is 1. The minimum absolute atomic E-state index is 0.121. The third-order valence-electron chi connectivity index (χ3n) is 6.76. The molecule has 2 fully saturated rings. The average molecular weight is 528 g/mol. The van der Waals surface area contributed by atoms with Gasteiger partial charge in [-0.3, -0.25) is 0 Å². The molecular formula is C25H29N5O6S. The van der Waals surface area contributed by atoms with Gasteiger partial charge in [0.1, 0.15) is 6.04 Å². The van der Waals surface area contributed by atoms with Crippen LogP contribution >= 0.6 is 0 Å². The van der Waals surface area contributed by atoms with Crippen molar-refractivity contribution in [1.29, 1.82) is 0 Å². The fourth-order valence-corrected chi connectivity index (χ4v) is 5.74. The van der Waals surface area contributed by atoms with E-state index in [1.54, 1.807) is 36.4 Å². The molecule has 2 amide bonds. The summed E-state index contributed by atoms with van der Waals surface area (Å²) in [5.74, 6) is -0.701. The minimum Gasteiger partial charge on any atom is -0.467 e. The van der Waals surface area contributed by atoms with E-state index in [-0.39, 0.29) is 17.4 Å². The van der Waals surface area contributed by atoms with E-state index in [9.17, 15) is 18.0 Å². The van der Waals surface area contributed by atoms with Crippen molar-refractivity contribution in [2.75, 3.05) is 24.0 Å². The molecule has 3 aromatic rings. The van der Waals surface area contributed by atoms with Gasteiger partial charge in [0.05, 0.1) is 23.0 Å². The standard InChI is InChI=1S/C25H29N5O6S/c1-35-23(31)22-11-6-16-29(22)25(32)30(24-27-20-9-4-5-10-21(20)28-24)36-37(33,34)19-14-12-18(13-15-19)26-17-7-2-3-8-17/h4-5,9-10,12-15,17,22,26H,2-3,6-8,11,16H2,1H3,(H,27,28)/t22-/m0/s1. The molecule has 0 radical (unpaired) electrons. The lowest BCUT2D eigenvalue weighted by atomic mass is 10.2. The fraction of sp³-hybridized carbons (Fsp3) is 0.400. The minimum atomic E-state index is -4.43. The molecule has 1 aliphatic heterocycles. The summed E-state index contributed by atoms with van der Waals surface area (Å²) >= 11 is 0. The number of esters is 1. The highest BCUT2D eigenvalue weighted by molar-refractivity contribution is 7.86. The molecule has 1 saturated carbocycles. The van der Waals surface area contributed by atoms with Crippen molar-refractivity contribution >= 4 is 44.8 Å². The van der Waals surface area contributed by atoms with Crippen molar-refractivity contribution in [3.05, 3.63) is 48.5 Å². The van der Waals surface area contributed by atoms with Gasteiger partial charge in [-0.15, -0.1) is 9.35 Å². The number of methoxy groups -OCH3 is 1. The van der Waals surface area contributed by atoms with Gasteiger partial charge in [0.15, 0.2) is 0 Å². The van der Waals surface area contributed by atoms with Crippen molar-refractivity contribution in [2.24, 2.45) is 0 Å². The quantitative estimate of drug-likeness (QED) is 0.350. The van der Waals surface area contributed by atoms with Crippen molar-refractivity contribution in [3.8, 4) is 0 Å². The number of para-hydroxylation sites is 2. The van der Waals surface area contributed by atoms with Crippen LogP contribution in [0.15, 0.2) is 53.4 Å². The monoisotopic (exact) mass is 527 g/mol. The number of imidazole rings is 1. The smallest absolute Gasteiger partial charge is 0.353 e. The van der Waals surface area contributed by atoms with Gasteiger partial charge in [-0.25, -0.2) is 14.6 Å². The molecule has 2 N–H and O–H groups in total. The highest BCUT2D eigenvalue weighted by Gasteiger charge is 2.40. The first-order chi connectivity index (χ1) is 17.9. The molecule has 11 nitrogen and oxygen atoms in total. The molecule has 1 aromatic heterocycles.